The van der Waals surface area contributed by atoms with E-state index in [0.717, 1.165) is 28.1 Å². The summed E-state index contributed by atoms with van der Waals surface area (Å²) in [6, 6.07) is 14.6. The Hall–Kier alpha value is -3.15. The molecule has 122 valence electrons. The second-order valence-corrected chi connectivity index (χ2v) is 5.45. The van der Waals surface area contributed by atoms with Crippen LogP contribution in [-0.4, -0.2) is 17.0 Å². The molecule has 1 heterocycles. The fourth-order valence-electron chi connectivity index (χ4n) is 2.63. The Labute approximate surface area is 139 Å². The number of anilines is 1. The number of nitrogens with zero attached hydrogens (tertiary/aromatic N) is 2. The lowest BCUT2D eigenvalue weighted by molar-refractivity contribution is -0.383. The first-order valence-corrected chi connectivity index (χ1v) is 7.50. The van der Waals surface area contributed by atoms with Gasteiger partial charge in [-0.15, -0.1) is 0 Å². The van der Waals surface area contributed by atoms with Crippen molar-refractivity contribution >= 4 is 22.3 Å². The Morgan fingerprint density at radius 2 is 2.00 bits per heavy atom. The molecular formula is C18H17N3O3. The number of fused-ring (bicyclic) bond motifs is 1. The van der Waals surface area contributed by atoms with Crippen LogP contribution in [0.25, 0.3) is 10.9 Å². The zero-order valence-electron chi connectivity index (χ0n) is 13.4. The molecule has 0 saturated heterocycles. The van der Waals surface area contributed by atoms with E-state index in [9.17, 15) is 10.1 Å². The maximum absolute atomic E-state index is 11.2. The number of non-ortho nitro benzene ring substituents is 1. The second-order valence-electron chi connectivity index (χ2n) is 5.45. The van der Waals surface area contributed by atoms with Crippen molar-refractivity contribution < 1.29 is 9.66 Å². The van der Waals surface area contributed by atoms with Crippen LogP contribution < -0.4 is 10.1 Å². The number of nitrogens with one attached hydrogen (secondary N) is 1. The smallest absolute Gasteiger partial charge is 0.295 e. The van der Waals surface area contributed by atoms with Crippen molar-refractivity contribution in [1.29, 1.82) is 0 Å². The summed E-state index contributed by atoms with van der Waals surface area (Å²) < 4.78 is 5.23. The molecule has 24 heavy (non-hydrogen) atoms. The lowest BCUT2D eigenvalue weighted by Gasteiger charge is -2.11. The molecule has 0 amide bonds. The number of aromatic nitrogens is 1. The predicted octanol–water partition coefficient (Wildman–Crippen LogP) is 4.07. The third-order valence-electron chi connectivity index (χ3n) is 3.76. The summed E-state index contributed by atoms with van der Waals surface area (Å²) in [7, 11) is 1.63. The first-order chi connectivity index (χ1) is 11.6. The number of benzene rings is 2. The molecule has 3 rings (SSSR count). The minimum Gasteiger partial charge on any atom is -0.497 e. The number of nitro groups is 1. The number of methoxy groups -OCH3 is 1. The average molecular weight is 323 g/mol. The minimum atomic E-state index is -0.402. The van der Waals surface area contributed by atoms with Crippen LogP contribution in [0.2, 0.25) is 0 Å². The normalized spacial score (nSPS) is 10.6. The number of pyridine rings is 1. The summed E-state index contributed by atoms with van der Waals surface area (Å²) in [5.41, 5.74) is 3.02. The molecule has 0 fully saturated rings. The summed E-state index contributed by atoms with van der Waals surface area (Å²) in [4.78, 5) is 15.2. The molecule has 0 aliphatic heterocycles. The molecule has 2 aromatic carbocycles. The first-order valence-electron chi connectivity index (χ1n) is 7.50. The van der Waals surface area contributed by atoms with Crippen molar-refractivity contribution in [1.82, 2.24) is 4.98 Å². The molecule has 0 unspecified atom stereocenters. The Balaban J connectivity index is 1.97. The molecule has 0 aliphatic rings. The molecule has 0 bridgehead atoms. The fraction of sp³-hybridized carbons (Fsp3) is 0.167. The summed E-state index contributed by atoms with van der Waals surface area (Å²) in [5.74, 6) is 0.792. The molecular weight excluding hydrogens is 306 g/mol. The van der Waals surface area contributed by atoms with E-state index in [0.29, 0.717) is 12.1 Å². The highest BCUT2D eigenvalue weighted by Crippen LogP contribution is 2.30. The van der Waals surface area contributed by atoms with Crippen LogP contribution in [0.5, 0.6) is 5.75 Å². The average Bonchev–Trinajstić information content (AvgIpc) is 2.59. The standard InChI is InChI=1S/C18H17N3O3/c1-12-9-16(19-11-13-5-3-6-14(10-13)24-2)15-7-4-8-17(21(22)23)18(15)20-12/h3-10H,11H2,1-2H3,(H,19,20). The third kappa shape index (κ3) is 3.12. The number of nitro benzene ring substituents is 1. The van der Waals surface area contributed by atoms with Gasteiger partial charge in [-0.3, -0.25) is 10.1 Å². The Morgan fingerprint density at radius 3 is 2.75 bits per heavy atom. The van der Waals surface area contributed by atoms with Crippen LogP contribution >= 0.6 is 0 Å². The number of rotatable bonds is 5. The quantitative estimate of drug-likeness (QED) is 0.565. The van der Waals surface area contributed by atoms with Gasteiger partial charge in [0, 0.05) is 29.4 Å². The van der Waals surface area contributed by atoms with Crippen molar-refractivity contribution in [2.24, 2.45) is 0 Å². The lowest BCUT2D eigenvalue weighted by atomic mass is 10.1. The summed E-state index contributed by atoms with van der Waals surface area (Å²) in [6.07, 6.45) is 0. The van der Waals surface area contributed by atoms with Gasteiger partial charge in [0.1, 0.15) is 5.75 Å². The van der Waals surface area contributed by atoms with Gasteiger partial charge in [0.2, 0.25) is 0 Å². The Kier molecular flexibility index (Phi) is 4.29. The van der Waals surface area contributed by atoms with Gasteiger partial charge in [-0.25, -0.2) is 4.98 Å². The molecule has 0 saturated carbocycles. The number of hydrogen-bond acceptors (Lipinski definition) is 5. The van der Waals surface area contributed by atoms with Gasteiger partial charge in [0.25, 0.3) is 5.69 Å². The molecule has 6 nitrogen and oxygen atoms in total. The van der Waals surface area contributed by atoms with E-state index in [2.05, 4.69) is 10.3 Å². The van der Waals surface area contributed by atoms with Gasteiger partial charge in [0.05, 0.1) is 12.0 Å². The van der Waals surface area contributed by atoms with E-state index in [1.165, 1.54) is 6.07 Å². The number of para-hydroxylation sites is 1. The van der Waals surface area contributed by atoms with Gasteiger partial charge < -0.3 is 10.1 Å². The molecule has 1 aromatic heterocycles. The Morgan fingerprint density at radius 1 is 1.21 bits per heavy atom. The lowest BCUT2D eigenvalue weighted by Crippen LogP contribution is -2.02. The highest BCUT2D eigenvalue weighted by molar-refractivity contribution is 5.96. The summed E-state index contributed by atoms with van der Waals surface area (Å²) >= 11 is 0. The zero-order chi connectivity index (χ0) is 17.1. The third-order valence-corrected chi connectivity index (χ3v) is 3.76. The number of aryl methyl sites for hydroxylation is 1. The van der Waals surface area contributed by atoms with E-state index < -0.39 is 4.92 Å². The molecule has 6 heteroatoms. The SMILES string of the molecule is COc1cccc(CNc2cc(C)nc3c([N+](=O)[O-])cccc23)c1. The summed E-state index contributed by atoms with van der Waals surface area (Å²) in [5, 5.41) is 15.3. The van der Waals surface area contributed by atoms with Crippen molar-refractivity contribution in [3.63, 3.8) is 0 Å². The first kappa shape index (κ1) is 15.7. The van der Waals surface area contributed by atoms with Crippen LogP contribution in [-0.2, 0) is 6.54 Å². The molecule has 1 N–H and O–H groups in total. The number of hydrogen-bond donors (Lipinski definition) is 1. The number of ether oxygens (including phenoxy) is 1. The maximum Gasteiger partial charge on any atom is 0.295 e. The maximum atomic E-state index is 11.2. The largest absolute Gasteiger partial charge is 0.497 e. The highest BCUT2D eigenvalue weighted by Gasteiger charge is 2.15. The molecule has 0 atom stereocenters. The van der Waals surface area contributed by atoms with Gasteiger partial charge in [0.15, 0.2) is 5.52 Å². The van der Waals surface area contributed by atoms with Crippen LogP contribution in [0.4, 0.5) is 11.4 Å². The van der Waals surface area contributed by atoms with E-state index >= 15 is 0 Å². The molecule has 0 radical (unpaired) electrons. The zero-order valence-corrected chi connectivity index (χ0v) is 13.4. The Bertz CT molecular complexity index is 909. The monoisotopic (exact) mass is 323 g/mol. The van der Waals surface area contributed by atoms with Gasteiger partial charge in [-0.1, -0.05) is 24.3 Å². The van der Waals surface area contributed by atoms with E-state index in [-0.39, 0.29) is 5.69 Å². The minimum absolute atomic E-state index is 0.0145. The second kappa shape index (κ2) is 6.54. The van der Waals surface area contributed by atoms with Crippen molar-refractivity contribution in [2.45, 2.75) is 13.5 Å². The summed E-state index contributed by atoms with van der Waals surface area (Å²) in [6.45, 7) is 2.41. The molecule has 0 spiro atoms. The van der Waals surface area contributed by atoms with Gasteiger partial charge in [-0.2, -0.15) is 0 Å². The van der Waals surface area contributed by atoms with Gasteiger partial charge in [-0.05, 0) is 30.7 Å². The van der Waals surface area contributed by atoms with Crippen LogP contribution in [0, 0.1) is 17.0 Å². The van der Waals surface area contributed by atoms with Crippen LogP contribution in [0.1, 0.15) is 11.3 Å². The molecule has 3 aromatic rings. The van der Waals surface area contributed by atoms with Crippen molar-refractivity contribution in [3.8, 4) is 5.75 Å². The van der Waals surface area contributed by atoms with Crippen molar-refractivity contribution in [3.05, 3.63) is 69.9 Å². The van der Waals surface area contributed by atoms with Crippen molar-refractivity contribution in [2.75, 3.05) is 12.4 Å². The highest BCUT2D eigenvalue weighted by atomic mass is 16.6. The predicted molar refractivity (Wildman–Crippen MR) is 93.5 cm³/mol. The topological polar surface area (TPSA) is 77.3 Å². The van der Waals surface area contributed by atoms with Crippen LogP contribution in [0.15, 0.2) is 48.5 Å². The molecule has 0 aliphatic carbocycles. The van der Waals surface area contributed by atoms with E-state index in [4.69, 9.17) is 4.74 Å². The van der Waals surface area contributed by atoms with Gasteiger partial charge >= 0.3 is 0 Å². The van der Waals surface area contributed by atoms with E-state index in [1.54, 1.807) is 13.2 Å². The fourth-order valence-corrected chi connectivity index (χ4v) is 2.63. The van der Waals surface area contributed by atoms with Crippen LogP contribution in [0.3, 0.4) is 0 Å². The van der Waals surface area contributed by atoms with E-state index in [1.807, 2.05) is 43.3 Å².